The second-order valence-electron chi connectivity index (χ2n) is 3.45. The van der Waals surface area contributed by atoms with Crippen LogP contribution >= 0.6 is 0 Å². The van der Waals surface area contributed by atoms with Crippen molar-refractivity contribution in [3.05, 3.63) is 47.3 Å². The van der Waals surface area contributed by atoms with E-state index in [-0.39, 0.29) is 17.1 Å². The van der Waals surface area contributed by atoms with Crippen molar-refractivity contribution in [3.63, 3.8) is 0 Å². The monoisotopic (exact) mass is 231 g/mol. The van der Waals surface area contributed by atoms with E-state index in [2.05, 4.69) is 9.97 Å². The molecule has 2 rings (SSSR count). The van der Waals surface area contributed by atoms with Gasteiger partial charge in [0, 0.05) is 11.8 Å². The Morgan fingerprint density at radius 2 is 1.94 bits per heavy atom. The molecule has 0 saturated carbocycles. The molecule has 0 radical (unpaired) electrons. The topological polar surface area (TPSA) is 49.6 Å². The van der Waals surface area contributed by atoms with Gasteiger partial charge in [-0.05, 0) is 25.1 Å². The summed E-state index contributed by atoms with van der Waals surface area (Å²) in [6.45, 7) is 1.67. The van der Waals surface area contributed by atoms with E-state index >= 15 is 0 Å². The molecule has 0 aliphatic heterocycles. The minimum absolute atomic E-state index is 0.0756. The molecule has 3 nitrogen and oxygen atoms in total. The molecule has 0 saturated heterocycles. The van der Waals surface area contributed by atoms with Crippen LogP contribution in [-0.4, -0.2) is 9.97 Å². The molecule has 1 aromatic heterocycles. The molecule has 0 aliphatic rings. The van der Waals surface area contributed by atoms with Gasteiger partial charge >= 0.3 is 0 Å². The van der Waals surface area contributed by atoms with Gasteiger partial charge < -0.3 is 0 Å². The minimum atomic E-state index is -0.750. The van der Waals surface area contributed by atoms with Gasteiger partial charge in [-0.15, -0.1) is 0 Å². The predicted octanol–water partition coefficient (Wildman–Crippen LogP) is 2.60. The normalized spacial score (nSPS) is 10.0. The van der Waals surface area contributed by atoms with Crippen molar-refractivity contribution in [3.8, 4) is 17.5 Å². The lowest BCUT2D eigenvalue weighted by Gasteiger charge is -2.03. The number of nitrogens with zero attached hydrogens (tertiary/aromatic N) is 3. The van der Waals surface area contributed by atoms with Crippen LogP contribution in [0.4, 0.5) is 8.78 Å². The molecule has 0 fully saturated rings. The van der Waals surface area contributed by atoms with E-state index in [0.717, 1.165) is 12.1 Å². The van der Waals surface area contributed by atoms with Gasteiger partial charge in [-0.2, -0.15) is 5.26 Å². The fraction of sp³-hybridized carbons (Fsp3) is 0.0833. The molecule has 2 aromatic rings. The van der Waals surface area contributed by atoms with Crippen LogP contribution in [0.25, 0.3) is 11.4 Å². The van der Waals surface area contributed by atoms with Gasteiger partial charge in [0.2, 0.25) is 0 Å². The second kappa shape index (κ2) is 4.26. The van der Waals surface area contributed by atoms with Crippen molar-refractivity contribution in [2.45, 2.75) is 6.92 Å². The highest BCUT2D eigenvalue weighted by Gasteiger charge is 2.10. The largest absolute Gasteiger partial charge is 0.233 e. The predicted molar refractivity (Wildman–Crippen MR) is 56.8 cm³/mol. The zero-order valence-corrected chi connectivity index (χ0v) is 8.91. The average molecular weight is 231 g/mol. The first kappa shape index (κ1) is 11.1. The lowest BCUT2D eigenvalue weighted by molar-refractivity contribution is 0.585. The van der Waals surface area contributed by atoms with Crippen LogP contribution in [0, 0.1) is 29.9 Å². The maximum absolute atomic E-state index is 13.5. The highest BCUT2D eigenvalue weighted by molar-refractivity contribution is 5.56. The number of benzene rings is 1. The van der Waals surface area contributed by atoms with E-state index < -0.39 is 11.6 Å². The molecule has 0 unspecified atom stereocenters. The third-order valence-electron chi connectivity index (χ3n) is 2.14. The SMILES string of the molecule is Cc1cc(C#N)nc(-c2ccc(F)cc2F)n1. The summed E-state index contributed by atoms with van der Waals surface area (Å²) in [7, 11) is 0. The number of aryl methyl sites for hydroxylation is 1. The van der Waals surface area contributed by atoms with Crippen LogP contribution in [0.15, 0.2) is 24.3 Å². The van der Waals surface area contributed by atoms with Crippen LogP contribution in [0.5, 0.6) is 0 Å². The van der Waals surface area contributed by atoms with E-state index in [1.54, 1.807) is 6.92 Å². The Balaban J connectivity index is 2.61. The highest BCUT2D eigenvalue weighted by atomic mass is 19.1. The molecule has 0 amide bonds. The van der Waals surface area contributed by atoms with E-state index in [0.29, 0.717) is 5.69 Å². The maximum atomic E-state index is 13.5. The average Bonchev–Trinajstić information content (AvgIpc) is 2.28. The third kappa shape index (κ3) is 2.26. The van der Waals surface area contributed by atoms with Crippen LogP contribution < -0.4 is 0 Å². The fourth-order valence-electron chi connectivity index (χ4n) is 1.42. The van der Waals surface area contributed by atoms with Crippen LogP contribution in [-0.2, 0) is 0 Å². The Morgan fingerprint density at radius 1 is 1.18 bits per heavy atom. The first-order valence-corrected chi connectivity index (χ1v) is 4.81. The zero-order valence-electron chi connectivity index (χ0n) is 8.91. The summed E-state index contributed by atoms with van der Waals surface area (Å²) in [6.07, 6.45) is 0. The van der Waals surface area contributed by atoms with Crippen molar-refractivity contribution in [2.24, 2.45) is 0 Å². The zero-order chi connectivity index (χ0) is 12.4. The summed E-state index contributed by atoms with van der Waals surface area (Å²) in [5.74, 6) is -1.34. The molecule has 1 aromatic carbocycles. The number of aromatic nitrogens is 2. The minimum Gasteiger partial charge on any atom is -0.233 e. The van der Waals surface area contributed by atoms with Gasteiger partial charge in [-0.3, -0.25) is 0 Å². The van der Waals surface area contributed by atoms with Crippen LogP contribution in [0.1, 0.15) is 11.4 Å². The molecule has 0 aliphatic carbocycles. The number of nitriles is 1. The highest BCUT2D eigenvalue weighted by Crippen LogP contribution is 2.20. The molecule has 0 bridgehead atoms. The van der Waals surface area contributed by atoms with Crippen molar-refractivity contribution in [2.75, 3.05) is 0 Å². The van der Waals surface area contributed by atoms with Crippen LogP contribution in [0.2, 0.25) is 0 Å². The van der Waals surface area contributed by atoms with Crippen molar-refractivity contribution < 1.29 is 8.78 Å². The Kier molecular flexibility index (Phi) is 2.79. The lowest BCUT2D eigenvalue weighted by atomic mass is 10.2. The van der Waals surface area contributed by atoms with E-state index in [1.807, 2.05) is 6.07 Å². The fourth-order valence-corrected chi connectivity index (χ4v) is 1.42. The Morgan fingerprint density at radius 3 is 2.59 bits per heavy atom. The smallest absolute Gasteiger partial charge is 0.163 e. The first-order chi connectivity index (χ1) is 8.10. The molecular formula is C12H7F2N3. The molecule has 0 N–H and O–H groups in total. The van der Waals surface area contributed by atoms with Gasteiger partial charge in [0.1, 0.15) is 23.4 Å². The van der Waals surface area contributed by atoms with Gasteiger partial charge in [-0.25, -0.2) is 18.7 Å². The summed E-state index contributed by atoms with van der Waals surface area (Å²) in [4.78, 5) is 7.90. The van der Waals surface area contributed by atoms with Gasteiger partial charge in [0.25, 0.3) is 0 Å². The molecular weight excluding hydrogens is 224 g/mol. The van der Waals surface area contributed by atoms with Crippen LogP contribution in [0.3, 0.4) is 0 Å². The number of hydrogen-bond acceptors (Lipinski definition) is 3. The summed E-state index contributed by atoms with van der Waals surface area (Å²) in [6, 6.07) is 6.48. The maximum Gasteiger partial charge on any atom is 0.163 e. The summed E-state index contributed by atoms with van der Waals surface area (Å²) < 4.78 is 26.3. The van der Waals surface area contributed by atoms with Gasteiger partial charge in [0.05, 0.1) is 5.56 Å². The summed E-state index contributed by atoms with van der Waals surface area (Å²) >= 11 is 0. The second-order valence-corrected chi connectivity index (χ2v) is 3.45. The van der Waals surface area contributed by atoms with E-state index in [1.165, 1.54) is 12.1 Å². The Hall–Kier alpha value is -2.35. The molecule has 0 atom stereocenters. The summed E-state index contributed by atoms with van der Waals surface area (Å²) in [5.41, 5.74) is 0.776. The quantitative estimate of drug-likeness (QED) is 0.757. The van der Waals surface area contributed by atoms with E-state index in [9.17, 15) is 8.78 Å². The molecule has 0 spiro atoms. The number of hydrogen-bond donors (Lipinski definition) is 0. The van der Waals surface area contributed by atoms with Gasteiger partial charge in [-0.1, -0.05) is 0 Å². The van der Waals surface area contributed by atoms with Crippen molar-refractivity contribution in [1.29, 1.82) is 5.26 Å². The Bertz CT molecular complexity index is 618. The molecule has 5 heteroatoms. The third-order valence-corrected chi connectivity index (χ3v) is 2.14. The van der Waals surface area contributed by atoms with Crippen molar-refractivity contribution >= 4 is 0 Å². The van der Waals surface area contributed by atoms with E-state index in [4.69, 9.17) is 5.26 Å². The first-order valence-electron chi connectivity index (χ1n) is 4.81. The standard InChI is InChI=1S/C12H7F2N3/c1-7-4-9(6-15)17-12(16-7)10-3-2-8(13)5-11(10)14/h2-5H,1H3. The molecule has 1 heterocycles. The van der Waals surface area contributed by atoms with Crippen molar-refractivity contribution in [1.82, 2.24) is 9.97 Å². The molecule has 17 heavy (non-hydrogen) atoms. The number of halogens is 2. The summed E-state index contributed by atoms with van der Waals surface area (Å²) in [5, 5.41) is 8.75. The molecule has 84 valence electrons. The number of rotatable bonds is 1. The lowest BCUT2D eigenvalue weighted by Crippen LogP contribution is -1.97. The Labute approximate surface area is 96.4 Å². The van der Waals surface area contributed by atoms with Gasteiger partial charge in [0.15, 0.2) is 5.82 Å².